The molecule has 0 aromatic heterocycles. The molecule has 0 amide bonds. The van der Waals surface area contributed by atoms with E-state index in [0.717, 1.165) is 0 Å². The quantitative estimate of drug-likeness (QED) is 0.813. The van der Waals surface area contributed by atoms with E-state index in [4.69, 9.17) is 5.73 Å². The van der Waals surface area contributed by atoms with Gasteiger partial charge in [0, 0.05) is 0 Å². The van der Waals surface area contributed by atoms with Gasteiger partial charge in [-0.1, -0.05) is 0 Å². The second-order valence-corrected chi connectivity index (χ2v) is 5.15. The summed E-state index contributed by atoms with van der Waals surface area (Å²) < 4.78 is 76.6. The van der Waals surface area contributed by atoms with Crippen molar-refractivity contribution >= 4 is 12.4 Å². The Balaban J connectivity index is 0.00000242. The lowest BCUT2D eigenvalue weighted by Gasteiger charge is -2.24. The topological polar surface area (TPSA) is 46.2 Å². The SMILES string of the molecule is Cl.N[C@H](c1cc(C(F)(F)F)ccc1C(F)(F)F)[C@@H](O)C1CC1. The van der Waals surface area contributed by atoms with Crippen LogP contribution in [-0.4, -0.2) is 11.2 Å². The molecule has 0 bridgehead atoms. The lowest BCUT2D eigenvalue weighted by atomic mass is 9.92. The van der Waals surface area contributed by atoms with Gasteiger partial charge in [-0.15, -0.1) is 12.4 Å². The summed E-state index contributed by atoms with van der Waals surface area (Å²) in [7, 11) is 0. The van der Waals surface area contributed by atoms with Crippen LogP contribution < -0.4 is 5.73 Å². The molecule has 2 nitrogen and oxygen atoms in total. The van der Waals surface area contributed by atoms with Gasteiger partial charge in [-0.25, -0.2) is 0 Å². The van der Waals surface area contributed by atoms with Crippen LogP contribution in [0.25, 0.3) is 0 Å². The predicted molar refractivity (Wildman–Crippen MR) is 69.4 cm³/mol. The van der Waals surface area contributed by atoms with Gasteiger partial charge in [-0.05, 0) is 42.5 Å². The van der Waals surface area contributed by atoms with Crippen molar-refractivity contribution in [2.24, 2.45) is 11.7 Å². The standard InChI is InChI=1S/C13H13F6NO.ClH/c14-12(15,16)7-3-4-9(13(17,18)19)8(5-7)10(20)11(21)6-1-2-6;/h3-6,10-11,21H,1-2,20H2;1H/t10-,11+;/m1./s1. The van der Waals surface area contributed by atoms with Crippen molar-refractivity contribution in [2.45, 2.75) is 37.3 Å². The van der Waals surface area contributed by atoms with Crippen LogP contribution in [0.4, 0.5) is 26.3 Å². The molecule has 1 aromatic carbocycles. The van der Waals surface area contributed by atoms with Gasteiger partial charge in [-0.2, -0.15) is 26.3 Å². The molecule has 1 saturated carbocycles. The van der Waals surface area contributed by atoms with Crippen molar-refractivity contribution in [1.29, 1.82) is 0 Å². The minimum absolute atomic E-state index is 0. The first-order valence-electron chi connectivity index (χ1n) is 6.24. The van der Waals surface area contributed by atoms with Crippen LogP contribution in [0.3, 0.4) is 0 Å². The first kappa shape index (κ1) is 19.1. The van der Waals surface area contributed by atoms with Crippen LogP contribution in [0.15, 0.2) is 18.2 Å². The molecule has 3 N–H and O–H groups in total. The van der Waals surface area contributed by atoms with Gasteiger partial charge in [0.15, 0.2) is 0 Å². The zero-order valence-electron chi connectivity index (χ0n) is 11.1. The second kappa shape index (κ2) is 6.25. The number of hydrogen-bond donors (Lipinski definition) is 2. The van der Waals surface area contributed by atoms with Gasteiger partial charge in [0.2, 0.25) is 0 Å². The predicted octanol–water partition coefficient (Wildman–Crippen LogP) is 3.92. The van der Waals surface area contributed by atoms with Crippen molar-refractivity contribution in [1.82, 2.24) is 0 Å². The van der Waals surface area contributed by atoms with E-state index < -0.39 is 41.2 Å². The van der Waals surface area contributed by atoms with Crippen LogP contribution >= 0.6 is 12.4 Å². The number of hydrogen-bond acceptors (Lipinski definition) is 2. The average molecular weight is 350 g/mol. The van der Waals surface area contributed by atoms with E-state index in [2.05, 4.69) is 0 Å². The molecule has 2 atom stereocenters. The van der Waals surface area contributed by atoms with E-state index >= 15 is 0 Å². The number of rotatable bonds is 3. The lowest BCUT2D eigenvalue weighted by Crippen LogP contribution is -2.30. The Hall–Kier alpha value is -0.990. The molecule has 1 fully saturated rings. The van der Waals surface area contributed by atoms with Crippen molar-refractivity contribution in [3.05, 3.63) is 34.9 Å². The number of aliphatic hydroxyl groups is 1. The summed E-state index contributed by atoms with van der Waals surface area (Å²) in [6.07, 6.45) is -9.68. The van der Waals surface area contributed by atoms with Crippen molar-refractivity contribution in [3.63, 3.8) is 0 Å². The van der Waals surface area contributed by atoms with Crippen molar-refractivity contribution in [2.75, 3.05) is 0 Å². The molecule has 0 spiro atoms. The van der Waals surface area contributed by atoms with Crippen LogP contribution in [0.5, 0.6) is 0 Å². The fourth-order valence-electron chi connectivity index (χ4n) is 2.19. The molecule has 1 aliphatic rings. The molecule has 0 aliphatic heterocycles. The summed E-state index contributed by atoms with van der Waals surface area (Å²) in [5.74, 6) is -0.254. The van der Waals surface area contributed by atoms with Crippen LogP contribution in [0, 0.1) is 5.92 Å². The van der Waals surface area contributed by atoms with E-state index in [1.165, 1.54) is 0 Å². The number of halogens is 7. The van der Waals surface area contributed by atoms with Gasteiger partial charge < -0.3 is 10.8 Å². The maximum atomic E-state index is 12.9. The minimum Gasteiger partial charge on any atom is -0.391 e. The number of aliphatic hydroxyl groups excluding tert-OH is 1. The Kier molecular flexibility index (Phi) is 5.42. The van der Waals surface area contributed by atoms with Crippen molar-refractivity contribution < 1.29 is 31.4 Å². The molecule has 126 valence electrons. The fourth-order valence-corrected chi connectivity index (χ4v) is 2.19. The monoisotopic (exact) mass is 349 g/mol. The normalized spacial score (nSPS) is 18.5. The largest absolute Gasteiger partial charge is 0.416 e. The van der Waals surface area contributed by atoms with E-state index in [-0.39, 0.29) is 18.3 Å². The summed E-state index contributed by atoms with van der Waals surface area (Å²) in [5.41, 5.74) is 2.38. The highest BCUT2D eigenvalue weighted by atomic mass is 35.5. The lowest BCUT2D eigenvalue weighted by molar-refractivity contribution is -0.142. The second-order valence-electron chi connectivity index (χ2n) is 5.15. The molecule has 0 radical (unpaired) electrons. The highest BCUT2D eigenvalue weighted by Gasteiger charge is 2.41. The van der Waals surface area contributed by atoms with Gasteiger partial charge in [-0.3, -0.25) is 0 Å². The minimum atomic E-state index is -4.83. The maximum Gasteiger partial charge on any atom is 0.416 e. The Bertz CT molecular complexity index is 526. The first-order valence-corrected chi connectivity index (χ1v) is 6.24. The summed E-state index contributed by atoms with van der Waals surface area (Å²) >= 11 is 0. The molecule has 22 heavy (non-hydrogen) atoms. The number of nitrogens with two attached hydrogens (primary N) is 1. The number of benzene rings is 1. The Morgan fingerprint density at radius 3 is 2.00 bits per heavy atom. The van der Waals surface area contributed by atoms with E-state index in [0.29, 0.717) is 31.0 Å². The van der Waals surface area contributed by atoms with Crippen LogP contribution in [-0.2, 0) is 12.4 Å². The third kappa shape index (κ3) is 4.05. The molecule has 0 saturated heterocycles. The third-order valence-corrected chi connectivity index (χ3v) is 3.52. The molecule has 0 unspecified atom stereocenters. The van der Waals surface area contributed by atoms with Crippen LogP contribution in [0.1, 0.15) is 35.6 Å². The third-order valence-electron chi connectivity index (χ3n) is 3.52. The van der Waals surface area contributed by atoms with Crippen LogP contribution in [0.2, 0.25) is 0 Å². The fraction of sp³-hybridized carbons (Fsp3) is 0.538. The van der Waals surface area contributed by atoms with E-state index in [1.54, 1.807) is 0 Å². The summed E-state index contributed by atoms with van der Waals surface area (Å²) in [6, 6.07) is -0.407. The zero-order valence-corrected chi connectivity index (χ0v) is 11.9. The summed E-state index contributed by atoms with van der Waals surface area (Å²) in [6.45, 7) is 0. The smallest absolute Gasteiger partial charge is 0.391 e. The number of alkyl halides is 6. The van der Waals surface area contributed by atoms with Gasteiger partial charge in [0.1, 0.15) is 0 Å². The Labute approximate surface area is 128 Å². The molecule has 1 aromatic rings. The molecule has 9 heteroatoms. The van der Waals surface area contributed by atoms with Gasteiger partial charge in [0.25, 0.3) is 0 Å². The van der Waals surface area contributed by atoms with Crippen molar-refractivity contribution in [3.8, 4) is 0 Å². The molecule has 2 rings (SSSR count). The van der Waals surface area contributed by atoms with Gasteiger partial charge in [0.05, 0.1) is 23.3 Å². The molecular weight excluding hydrogens is 336 g/mol. The summed E-state index contributed by atoms with van der Waals surface area (Å²) in [4.78, 5) is 0. The zero-order chi connectivity index (χ0) is 16.0. The maximum absolute atomic E-state index is 12.9. The highest BCUT2D eigenvalue weighted by Crippen LogP contribution is 2.42. The molecular formula is C13H14ClF6NO. The van der Waals surface area contributed by atoms with E-state index in [1.807, 2.05) is 0 Å². The Morgan fingerprint density at radius 2 is 1.59 bits per heavy atom. The Morgan fingerprint density at radius 1 is 1.05 bits per heavy atom. The van der Waals surface area contributed by atoms with Gasteiger partial charge >= 0.3 is 12.4 Å². The van der Waals surface area contributed by atoms with E-state index in [9.17, 15) is 31.4 Å². The first-order chi connectivity index (χ1) is 9.51. The molecule has 0 heterocycles. The molecule has 1 aliphatic carbocycles. The summed E-state index contributed by atoms with van der Waals surface area (Å²) in [5, 5.41) is 9.82. The average Bonchev–Trinajstić information content (AvgIpc) is 3.18. The highest BCUT2D eigenvalue weighted by molar-refractivity contribution is 5.85.